The zero-order chi connectivity index (χ0) is 17.5. The SMILES string of the molecule is O=C(CSc1n[nH]c(-c2ccccc2Br)n1)NCCC1=CCCCC1. The number of nitrogens with one attached hydrogen (secondary N) is 2. The number of allylic oxidation sites excluding steroid dienone is 1. The van der Waals surface area contributed by atoms with E-state index < -0.39 is 0 Å². The van der Waals surface area contributed by atoms with Crippen LogP contribution in [-0.4, -0.2) is 33.4 Å². The van der Waals surface area contributed by atoms with Crippen LogP contribution in [0.15, 0.2) is 45.5 Å². The normalized spacial score (nSPS) is 14.2. The first-order valence-electron chi connectivity index (χ1n) is 8.47. The number of halogens is 1. The molecule has 0 spiro atoms. The number of carbonyl (C=O) groups excluding carboxylic acids is 1. The Morgan fingerprint density at radius 1 is 1.32 bits per heavy atom. The van der Waals surface area contributed by atoms with E-state index in [1.54, 1.807) is 0 Å². The van der Waals surface area contributed by atoms with Crippen LogP contribution >= 0.6 is 27.7 Å². The van der Waals surface area contributed by atoms with Gasteiger partial charge in [0.1, 0.15) is 0 Å². The van der Waals surface area contributed by atoms with Crippen LogP contribution in [0, 0.1) is 0 Å². The fraction of sp³-hybridized carbons (Fsp3) is 0.389. The van der Waals surface area contributed by atoms with Gasteiger partial charge in [-0.2, -0.15) is 0 Å². The second kappa shape index (κ2) is 9.20. The van der Waals surface area contributed by atoms with Crippen LogP contribution in [0.5, 0.6) is 0 Å². The van der Waals surface area contributed by atoms with Crippen molar-refractivity contribution in [3.63, 3.8) is 0 Å². The summed E-state index contributed by atoms with van der Waals surface area (Å²) >= 11 is 4.84. The number of rotatable bonds is 7. The van der Waals surface area contributed by atoms with Gasteiger partial charge in [-0.25, -0.2) is 4.98 Å². The van der Waals surface area contributed by atoms with Gasteiger partial charge in [0.25, 0.3) is 0 Å². The molecule has 1 aliphatic rings. The predicted octanol–water partition coefficient (Wildman–Crippen LogP) is 4.33. The monoisotopic (exact) mass is 420 g/mol. The quantitative estimate of drug-likeness (QED) is 0.516. The van der Waals surface area contributed by atoms with Crippen molar-refractivity contribution in [2.75, 3.05) is 12.3 Å². The lowest BCUT2D eigenvalue weighted by atomic mass is 9.97. The van der Waals surface area contributed by atoms with Gasteiger partial charge < -0.3 is 5.32 Å². The van der Waals surface area contributed by atoms with Crippen molar-refractivity contribution in [1.82, 2.24) is 20.5 Å². The van der Waals surface area contributed by atoms with Crippen LogP contribution in [0.1, 0.15) is 32.1 Å². The highest BCUT2D eigenvalue weighted by molar-refractivity contribution is 9.10. The fourth-order valence-corrected chi connectivity index (χ4v) is 3.86. The van der Waals surface area contributed by atoms with Gasteiger partial charge >= 0.3 is 0 Å². The summed E-state index contributed by atoms with van der Waals surface area (Å²) in [6, 6.07) is 7.82. The number of hydrogen-bond donors (Lipinski definition) is 2. The van der Waals surface area contributed by atoms with E-state index in [0.29, 0.717) is 23.3 Å². The number of thioether (sulfide) groups is 1. The molecule has 2 aromatic rings. The average Bonchev–Trinajstić information content (AvgIpc) is 3.10. The number of aromatic amines is 1. The Morgan fingerprint density at radius 2 is 2.20 bits per heavy atom. The molecule has 5 nitrogen and oxygen atoms in total. The lowest BCUT2D eigenvalue weighted by molar-refractivity contribution is -0.118. The van der Waals surface area contributed by atoms with Crippen LogP contribution in [0.2, 0.25) is 0 Å². The summed E-state index contributed by atoms with van der Waals surface area (Å²) in [5, 5.41) is 10.7. The van der Waals surface area contributed by atoms with Crippen LogP contribution in [0.3, 0.4) is 0 Å². The van der Waals surface area contributed by atoms with E-state index in [1.165, 1.54) is 43.0 Å². The lowest BCUT2D eigenvalue weighted by Gasteiger charge is -2.12. The molecule has 25 heavy (non-hydrogen) atoms. The van der Waals surface area contributed by atoms with Crippen molar-refractivity contribution in [3.05, 3.63) is 40.4 Å². The summed E-state index contributed by atoms with van der Waals surface area (Å²) < 4.78 is 0.956. The first-order chi connectivity index (χ1) is 12.2. The maximum Gasteiger partial charge on any atom is 0.230 e. The molecule has 1 aromatic carbocycles. The molecule has 1 heterocycles. The van der Waals surface area contributed by atoms with Gasteiger partial charge in [-0.15, -0.1) is 5.10 Å². The maximum absolute atomic E-state index is 12.0. The number of hydrogen-bond acceptors (Lipinski definition) is 4. The molecule has 0 radical (unpaired) electrons. The minimum absolute atomic E-state index is 0.0219. The van der Waals surface area contributed by atoms with E-state index in [1.807, 2.05) is 24.3 Å². The minimum atomic E-state index is 0.0219. The Bertz CT molecular complexity index is 759. The standard InChI is InChI=1S/C18H21BrN4OS/c19-15-9-5-4-8-14(15)17-21-18(23-22-17)25-12-16(24)20-11-10-13-6-2-1-3-7-13/h4-6,8-9H,1-3,7,10-12H2,(H,20,24)(H,21,22,23). The largest absolute Gasteiger partial charge is 0.355 e. The van der Waals surface area contributed by atoms with Crippen molar-refractivity contribution in [2.24, 2.45) is 0 Å². The van der Waals surface area contributed by atoms with Crippen molar-refractivity contribution in [2.45, 2.75) is 37.3 Å². The summed E-state index contributed by atoms with van der Waals surface area (Å²) in [4.78, 5) is 16.4. The molecule has 0 saturated heterocycles. The molecule has 132 valence electrons. The Hall–Kier alpha value is -1.60. The molecule has 0 aliphatic heterocycles. The van der Waals surface area contributed by atoms with E-state index >= 15 is 0 Å². The van der Waals surface area contributed by atoms with E-state index in [9.17, 15) is 4.79 Å². The summed E-state index contributed by atoms with van der Waals surface area (Å²) in [5.74, 6) is 1.04. The Kier molecular flexibility index (Phi) is 6.69. The van der Waals surface area contributed by atoms with Crippen molar-refractivity contribution in [1.29, 1.82) is 0 Å². The minimum Gasteiger partial charge on any atom is -0.355 e. The highest BCUT2D eigenvalue weighted by atomic mass is 79.9. The summed E-state index contributed by atoms with van der Waals surface area (Å²) in [7, 11) is 0. The maximum atomic E-state index is 12.0. The molecule has 1 aromatic heterocycles. The molecule has 0 atom stereocenters. The summed E-state index contributed by atoms with van der Waals surface area (Å²) in [6.07, 6.45) is 8.22. The second-order valence-electron chi connectivity index (χ2n) is 5.94. The number of H-pyrrole nitrogens is 1. The van der Waals surface area contributed by atoms with Gasteiger partial charge in [-0.1, -0.05) is 57.5 Å². The average molecular weight is 421 g/mol. The number of aromatic nitrogens is 3. The van der Waals surface area contributed by atoms with Crippen LogP contribution in [0.25, 0.3) is 11.4 Å². The topological polar surface area (TPSA) is 70.7 Å². The number of nitrogens with zero attached hydrogens (tertiary/aromatic N) is 2. The molecule has 1 aliphatic carbocycles. The second-order valence-corrected chi connectivity index (χ2v) is 7.74. The van der Waals surface area contributed by atoms with E-state index in [4.69, 9.17) is 0 Å². The third kappa shape index (κ3) is 5.44. The van der Waals surface area contributed by atoms with Crippen LogP contribution < -0.4 is 5.32 Å². The molecule has 0 saturated carbocycles. The lowest BCUT2D eigenvalue weighted by Crippen LogP contribution is -2.26. The smallest absolute Gasteiger partial charge is 0.230 e. The summed E-state index contributed by atoms with van der Waals surface area (Å²) in [5.41, 5.74) is 2.43. The third-order valence-corrected chi connectivity index (χ3v) is 5.62. The first-order valence-corrected chi connectivity index (χ1v) is 10.2. The Balaban J connectivity index is 1.43. The molecule has 0 bridgehead atoms. The van der Waals surface area contributed by atoms with Crippen LogP contribution in [0.4, 0.5) is 0 Å². The van der Waals surface area contributed by atoms with Gasteiger partial charge in [-0.3, -0.25) is 9.89 Å². The Labute approximate surface area is 160 Å². The molecule has 0 fully saturated rings. The highest BCUT2D eigenvalue weighted by Gasteiger charge is 2.11. The first kappa shape index (κ1) is 18.2. The van der Waals surface area contributed by atoms with Crippen LogP contribution in [-0.2, 0) is 4.79 Å². The highest BCUT2D eigenvalue weighted by Crippen LogP contribution is 2.26. The van der Waals surface area contributed by atoms with E-state index in [-0.39, 0.29) is 5.91 Å². The molecule has 1 amide bonds. The third-order valence-electron chi connectivity index (χ3n) is 4.08. The van der Waals surface area contributed by atoms with Gasteiger partial charge in [0, 0.05) is 16.6 Å². The predicted molar refractivity (Wildman–Crippen MR) is 104 cm³/mol. The zero-order valence-electron chi connectivity index (χ0n) is 13.9. The Morgan fingerprint density at radius 3 is 3.00 bits per heavy atom. The number of benzene rings is 1. The van der Waals surface area contributed by atoms with Gasteiger partial charge in [0.15, 0.2) is 5.82 Å². The molecule has 7 heteroatoms. The van der Waals surface area contributed by atoms with Gasteiger partial charge in [0.2, 0.25) is 11.1 Å². The van der Waals surface area contributed by atoms with Crippen molar-refractivity contribution in [3.8, 4) is 11.4 Å². The number of amides is 1. The van der Waals surface area contributed by atoms with E-state index in [0.717, 1.165) is 16.5 Å². The zero-order valence-corrected chi connectivity index (χ0v) is 16.3. The van der Waals surface area contributed by atoms with Crippen molar-refractivity contribution >= 4 is 33.6 Å². The molecule has 0 unspecified atom stereocenters. The number of carbonyl (C=O) groups is 1. The van der Waals surface area contributed by atoms with Gasteiger partial charge in [-0.05, 0) is 38.2 Å². The van der Waals surface area contributed by atoms with Gasteiger partial charge in [0.05, 0.1) is 5.75 Å². The molecule has 3 rings (SSSR count). The molecule has 2 N–H and O–H groups in total. The summed E-state index contributed by atoms with van der Waals surface area (Å²) in [6.45, 7) is 0.710. The molecular weight excluding hydrogens is 400 g/mol. The van der Waals surface area contributed by atoms with Crippen molar-refractivity contribution < 1.29 is 4.79 Å². The fourth-order valence-electron chi connectivity index (χ4n) is 2.76. The molecular formula is C18H21BrN4OS. The van der Waals surface area contributed by atoms with E-state index in [2.05, 4.69) is 42.5 Å².